The van der Waals surface area contributed by atoms with Gasteiger partial charge in [-0.1, -0.05) is 0 Å². The topological polar surface area (TPSA) is 108 Å². The van der Waals surface area contributed by atoms with Crippen LogP contribution in [0.2, 0.25) is 0 Å². The molecule has 0 radical (unpaired) electrons. The van der Waals surface area contributed by atoms with Crippen molar-refractivity contribution in [1.29, 1.82) is 0 Å². The van der Waals surface area contributed by atoms with Gasteiger partial charge in [0.1, 0.15) is 0 Å². The smallest absolute Gasteiger partial charge is 0.253 e. The molecule has 8 nitrogen and oxygen atoms in total. The number of nitrogens with one attached hydrogen (secondary N) is 2. The van der Waals surface area contributed by atoms with Gasteiger partial charge >= 0.3 is 0 Å². The van der Waals surface area contributed by atoms with Gasteiger partial charge in [0, 0.05) is 33.6 Å². The van der Waals surface area contributed by atoms with Crippen molar-refractivity contribution >= 4 is 46.8 Å². The SMILES string of the molecule is C1=Cc2cc3nnc(nc4nc(cc5ccc(cc1n2)[nH]5)C=N4)[nH]3.[Ni]. The molecule has 3 aromatic heterocycles. The van der Waals surface area contributed by atoms with Crippen molar-refractivity contribution in [2.45, 2.75) is 0 Å². The van der Waals surface area contributed by atoms with E-state index in [9.17, 15) is 0 Å². The van der Waals surface area contributed by atoms with Gasteiger partial charge in [-0.25, -0.2) is 15.0 Å². The van der Waals surface area contributed by atoms with Crippen LogP contribution in [0.25, 0.3) is 34.6 Å². The Balaban J connectivity index is 0.00000157. The minimum Gasteiger partial charge on any atom is -0.355 e. The summed E-state index contributed by atoms with van der Waals surface area (Å²) in [6.07, 6.45) is 5.53. The fourth-order valence-corrected chi connectivity index (χ4v) is 2.51. The van der Waals surface area contributed by atoms with Crippen molar-refractivity contribution in [2.75, 3.05) is 0 Å². The number of hydrogen-bond acceptors (Lipinski definition) is 6. The maximum absolute atomic E-state index is 4.53. The summed E-state index contributed by atoms with van der Waals surface area (Å²) in [6, 6.07) is 9.66. The first-order chi connectivity index (χ1) is 11.8. The Labute approximate surface area is 151 Å². The van der Waals surface area contributed by atoms with Crippen LogP contribution in [-0.4, -0.2) is 41.3 Å². The average molecular weight is 373 g/mol. The number of aromatic amines is 2. The maximum atomic E-state index is 4.53. The van der Waals surface area contributed by atoms with Gasteiger partial charge in [0.2, 0.25) is 0 Å². The summed E-state index contributed by atoms with van der Waals surface area (Å²) in [5, 5.41) is 8.02. The van der Waals surface area contributed by atoms with Crippen molar-refractivity contribution < 1.29 is 16.5 Å². The van der Waals surface area contributed by atoms with Gasteiger partial charge in [0.25, 0.3) is 11.7 Å². The second kappa shape index (κ2) is 6.03. The molecule has 0 unspecified atom stereocenters. The van der Waals surface area contributed by atoms with Crippen LogP contribution in [0.4, 0.5) is 5.95 Å². The Morgan fingerprint density at radius 2 is 1.48 bits per heavy atom. The molecule has 0 atom stereocenters. The Morgan fingerprint density at radius 3 is 2.32 bits per heavy atom. The Kier molecular flexibility index (Phi) is 3.70. The van der Waals surface area contributed by atoms with E-state index in [1.807, 2.05) is 36.4 Å². The van der Waals surface area contributed by atoms with Gasteiger partial charge < -0.3 is 9.97 Å². The molecule has 8 bridgehead atoms. The van der Waals surface area contributed by atoms with Crippen LogP contribution in [0.1, 0.15) is 17.1 Å². The number of aromatic nitrogens is 7. The molecule has 0 fully saturated rings. The van der Waals surface area contributed by atoms with E-state index in [2.05, 4.69) is 40.1 Å². The Hall–Kier alpha value is -3.19. The first kappa shape index (κ1) is 15.3. The molecule has 3 aromatic rings. The fourth-order valence-electron chi connectivity index (χ4n) is 2.51. The minimum absolute atomic E-state index is 0. The zero-order valence-electron chi connectivity index (χ0n) is 12.6. The predicted octanol–water partition coefficient (Wildman–Crippen LogP) is 2.42. The van der Waals surface area contributed by atoms with E-state index in [-0.39, 0.29) is 16.5 Å². The number of H-pyrrole nitrogens is 2. The van der Waals surface area contributed by atoms with Crippen LogP contribution in [0.15, 0.2) is 35.3 Å². The standard InChI is InChI=1S/C16H10N8.Ni/c1-2-11-6-13-8-17-15(20-13)22-16-21-14(23-24-16)7-12-4-3-10(19-12)5-9(1)18-11;/h1-8,18H,(H,17,20,21,22,23,24);. The number of nitrogens with zero attached hydrogens (tertiary/aromatic N) is 6. The van der Waals surface area contributed by atoms with Crippen LogP contribution in [-0.2, 0) is 16.5 Å². The van der Waals surface area contributed by atoms with Crippen LogP contribution in [0, 0.1) is 0 Å². The first-order valence-corrected chi connectivity index (χ1v) is 7.31. The first-order valence-electron chi connectivity index (χ1n) is 7.31. The second-order valence-corrected chi connectivity index (χ2v) is 5.34. The van der Waals surface area contributed by atoms with Gasteiger partial charge in [-0.3, -0.25) is 0 Å². The van der Waals surface area contributed by atoms with Gasteiger partial charge in [-0.05, 0) is 36.4 Å². The number of aliphatic imine (C=N–C) groups is 1. The summed E-state index contributed by atoms with van der Waals surface area (Å²) in [6.45, 7) is 0. The molecule has 5 rings (SSSR count). The quantitative estimate of drug-likeness (QED) is 0.406. The van der Waals surface area contributed by atoms with Crippen LogP contribution in [0.5, 0.6) is 0 Å². The van der Waals surface area contributed by atoms with E-state index >= 15 is 0 Å². The molecule has 124 valence electrons. The molecular weight excluding hydrogens is 363 g/mol. The summed E-state index contributed by atoms with van der Waals surface area (Å²) in [5.74, 6) is 0.689. The summed E-state index contributed by atoms with van der Waals surface area (Å²) in [4.78, 5) is 23.6. The van der Waals surface area contributed by atoms with Crippen LogP contribution in [0.3, 0.4) is 0 Å². The molecule has 2 aliphatic heterocycles. The van der Waals surface area contributed by atoms with E-state index in [4.69, 9.17) is 0 Å². The monoisotopic (exact) mass is 372 g/mol. The minimum atomic E-state index is 0. The van der Waals surface area contributed by atoms with E-state index < -0.39 is 0 Å². The fraction of sp³-hybridized carbons (Fsp3) is 0. The van der Waals surface area contributed by atoms with Crippen molar-refractivity contribution in [3.63, 3.8) is 0 Å². The Bertz CT molecular complexity index is 997. The molecule has 0 amide bonds. The molecular formula is C16H10N8Ni. The zero-order valence-corrected chi connectivity index (χ0v) is 13.6. The summed E-state index contributed by atoms with van der Waals surface area (Å²) in [5.41, 5.74) is 4.84. The summed E-state index contributed by atoms with van der Waals surface area (Å²) >= 11 is 0. The molecule has 2 N–H and O–H groups in total. The molecule has 0 saturated carbocycles. The summed E-state index contributed by atoms with van der Waals surface area (Å²) < 4.78 is 0. The molecule has 9 heteroatoms. The van der Waals surface area contributed by atoms with E-state index in [1.54, 1.807) is 12.3 Å². The van der Waals surface area contributed by atoms with Gasteiger partial charge in [-0.2, -0.15) is 4.98 Å². The third kappa shape index (κ3) is 3.09. The van der Waals surface area contributed by atoms with Crippen molar-refractivity contribution in [3.8, 4) is 0 Å². The van der Waals surface area contributed by atoms with Gasteiger partial charge in [0.05, 0.1) is 23.3 Å². The third-order valence-electron chi connectivity index (χ3n) is 3.55. The number of rotatable bonds is 0. The normalized spacial score (nSPS) is 12.2. The van der Waals surface area contributed by atoms with E-state index in [1.165, 1.54) is 0 Å². The van der Waals surface area contributed by atoms with E-state index in [0.29, 0.717) is 23.1 Å². The van der Waals surface area contributed by atoms with Crippen LogP contribution < -0.4 is 0 Å². The molecule has 25 heavy (non-hydrogen) atoms. The molecule has 0 saturated heterocycles. The van der Waals surface area contributed by atoms with Gasteiger partial charge in [0.15, 0.2) is 5.65 Å². The molecule has 0 aromatic carbocycles. The van der Waals surface area contributed by atoms with Crippen LogP contribution >= 0.6 is 0 Å². The van der Waals surface area contributed by atoms with Crippen molar-refractivity contribution in [2.24, 2.45) is 4.99 Å². The third-order valence-corrected chi connectivity index (χ3v) is 3.55. The maximum Gasteiger partial charge on any atom is 0.253 e. The largest absolute Gasteiger partial charge is 0.355 e. The van der Waals surface area contributed by atoms with E-state index in [0.717, 1.165) is 22.4 Å². The predicted molar refractivity (Wildman–Crippen MR) is 90.6 cm³/mol. The van der Waals surface area contributed by atoms with Crippen molar-refractivity contribution in [1.82, 2.24) is 35.1 Å². The second-order valence-electron chi connectivity index (χ2n) is 5.34. The average Bonchev–Trinajstić information content (AvgIpc) is 3.32. The molecule has 0 spiro atoms. The molecule has 2 aliphatic rings. The Morgan fingerprint density at radius 1 is 0.720 bits per heavy atom. The van der Waals surface area contributed by atoms with Crippen molar-refractivity contribution in [3.05, 3.63) is 47.4 Å². The zero-order chi connectivity index (χ0) is 15.9. The number of hydrogen-bond donors (Lipinski definition) is 2. The molecule has 0 aliphatic carbocycles. The summed E-state index contributed by atoms with van der Waals surface area (Å²) in [7, 11) is 0. The molecule has 5 heterocycles. The number of fused-ring (bicyclic) bond motifs is 8. The van der Waals surface area contributed by atoms with Gasteiger partial charge in [-0.15, -0.1) is 10.2 Å².